The standard InChI is InChI=1S/C14H21N3O3S/c1-9(2)13-15-11(8-21-13)5-17(4)14(20)16-12(7-19)10(3)6-18/h6-10,12H,5H2,1-4H3,(H,16,20)/t10?,12-/m1/s1. The second kappa shape index (κ2) is 7.87. The number of nitrogens with one attached hydrogen (secondary N) is 1. The third-order valence-electron chi connectivity index (χ3n) is 3.03. The molecule has 0 aromatic carbocycles. The van der Waals surface area contributed by atoms with Crippen molar-refractivity contribution in [3.05, 3.63) is 16.1 Å². The Balaban J connectivity index is 2.61. The number of carbonyl (C=O) groups excluding carboxylic acids is 3. The topological polar surface area (TPSA) is 79.4 Å². The molecular formula is C14H21N3O3S. The van der Waals surface area contributed by atoms with Crippen molar-refractivity contribution in [2.75, 3.05) is 7.05 Å². The number of carbonyl (C=O) groups is 3. The summed E-state index contributed by atoms with van der Waals surface area (Å²) >= 11 is 1.57. The summed E-state index contributed by atoms with van der Waals surface area (Å²) in [6.45, 7) is 6.07. The Labute approximate surface area is 128 Å². The molecular weight excluding hydrogens is 290 g/mol. The highest BCUT2D eigenvalue weighted by Gasteiger charge is 2.20. The number of hydrogen-bond donors (Lipinski definition) is 1. The van der Waals surface area contributed by atoms with Crippen molar-refractivity contribution in [2.24, 2.45) is 5.92 Å². The van der Waals surface area contributed by atoms with Crippen LogP contribution in [-0.4, -0.2) is 41.6 Å². The van der Waals surface area contributed by atoms with Crippen LogP contribution in [0.25, 0.3) is 0 Å². The van der Waals surface area contributed by atoms with Gasteiger partial charge in [0.25, 0.3) is 0 Å². The zero-order valence-electron chi connectivity index (χ0n) is 12.7. The highest BCUT2D eigenvalue weighted by molar-refractivity contribution is 7.09. The Bertz CT molecular complexity index is 501. The lowest BCUT2D eigenvalue weighted by Gasteiger charge is -2.21. The predicted molar refractivity (Wildman–Crippen MR) is 81.3 cm³/mol. The zero-order valence-corrected chi connectivity index (χ0v) is 13.5. The normalized spacial score (nSPS) is 13.6. The van der Waals surface area contributed by atoms with Crippen molar-refractivity contribution >= 4 is 29.9 Å². The van der Waals surface area contributed by atoms with Gasteiger partial charge in [0.05, 0.1) is 23.3 Å². The van der Waals surface area contributed by atoms with Gasteiger partial charge in [0.15, 0.2) is 0 Å². The van der Waals surface area contributed by atoms with E-state index in [1.165, 1.54) is 4.90 Å². The lowest BCUT2D eigenvalue weighted by Crippen LogP contribution is -2.46. The first-order chi connectivity index (χ1) is 9.88. The van der Waals surface area contributed by atoms with Crippen LogP contribution in [-0.2, 0) is 16.1 Å². The molecule has 2 atom stereocenters. The van der Waals surface area contributed by atoms with Crippen molar-refractivity contribution in [3.8, 4) is 0 Å². The Morgan fingerprint density at radius 3 is 2.52 bits per heavy atom. The van der Waals surface area contributed by atoms with Crippen LogP contribution in [0.1, 0.15) is 37.4 Å². The zero-order chi connectivity index (χ0) is 16.0. The molecule has 1 aromatic rings. The van der Waals surface area contributed by atoms with E-state index in [9.17, 15) is 14.4 Å². The van der Waals surface area contributed by atoms with Crippen molar-refractivity contribution in [2.45, 2.75) is 39.3 Å². The van der Waals surface area contributed by atoms with Crippen LogP contribution >= 0.6 is 11.3 Å². The summed E-state index contributed by atoms with van der Waals surface area (Å²) < 4.78 is 0. The molecule has 1 aromatic heterocycles. The van der Waals surface area contributed by atoms with E-state index >= 15 is 0 Å². The van der Waals surface area contributed by atoms with E-state index in [1.807, 2.05) is 5.38 Å². The van der Waals surface area contributed by atoms with Gasteiger partial charge in [0, 0.05) is 24.3 Å². The molecule has 0 radical (unpaired) electrons. The van der Waals surface area contributed by atoms with E-state index in [-0.39, 0.29) is 0 Å². The van der Waals surface area contributed by atoms with E-state index in [0.29, 0.717) is 25.0 Å². The Kier molecular flexibility index (Phi) is 6.48. The molecule has 0 aliphatic carbocycles. The van der Waals surface area contributed by atoms with Gasteiger partial charge >= 0.3 is 6.03 Å². The smallest absolute Gasteiger partial charge is 0.318 e. The van der Waals surface area contributed by atoms with Gasteiger partial charge in [-0.25, -0.2) is 9.78 Å². The molecule has 0 bridgehead atoms. The van der Waals surface area contributed by atoms with Gasteiger partial charge in [0.2, 0.25) is 0 Å². The van der Waals surface area contributed by atoms with E-state index in [4.69, 9.17) is 0 Å². The quantitative estimate of drug-likeness (QED) is 0.779. The summed E-state index contributed by atoms with van der Waals surface area (Å²) in [5, 5.41) is 5.48. The molecule has 0 aliphatic rings. The van der Waals surface area contributed by atoms with Crippen LogP contribution in [0.4, 0.5) is 4.79 Å². The Morgan fingerprint density at radius 1 is 1.38 bits per heavy atom. The minimum Gasteiger partial charge on any atom is -0.328 e. The predicted octanol–water partition coefficient (Wildman–Crippen LogP) is 1.81. The molecule has 0 aliphatic heterocycles. The van der Waals surface area contributed by atoms with Gasteiger partial charge in [-0.1, -0.05) is 20.8 Å². The van der Waals surface area contributed by atoms with Crippen molar-refractivity contribution in [3.63, 3.8) is 0 Å². The maximum Gasteiger partial charge on any atom is 0.318 e. The minimum absolute atomic E-state index is 0.357. The third-order valence-corrected chi connectivity index (χ3v) is 4.22. The first-order valence-corrected chi connectivity index (χ1v) is 7.63. The van der Waals surface area contributed by atoms with Gasteiger partial charge in [-0.2, -0.15) is 0 Å². The van der Waals surface area contributed by atoms with Crippen molar-refractivity contribution in [1.29, 1.82) is 0 Å². The molecule has 0 saturated heterocycles. The lowest BCUT2D eigenvalue weighted by atomic mass is 10.1. The minimum atomic E-state index is -0.806. The summed E-state index contributed by atoms with van der Waals surface area (Å²) in [5.41, 5.74) is 0.812. The fraction of sp³-hybridized carbons (Fsp3) is 0.571. The van der Waals surface area contributed by atoms with Gasteiger partial charge < -0.3 is 19.8 Å². The lowest BCUT2D eigenvalue weighted by molar-refractivity contribution is -0.116. The van der Waals surface area contributed by atoms with Crippen LogP contribution in [0.15, 0.2) is 5.38 Å². The fourth-order valence-corrected chi connectivity index (χ4v) is 2.43. The van der Waals surface area contributed by atoms with Gasteiger partial charge in [-0.15, -0.1) is 11.3 Å². The van der Waals surface area contributed by atoms with E-state index < -0.39 is 18.0 Å². The Hall–Kier alpha value is -1.76. The monoisotopic (exact) mass is 311 g/mol. The molecule has 7 heteroatoms. The first kappa shape index (κ1) is 17.3. The molecule has 116 valence electrons. The van der Waals surface area contributed by atoms with Crippen LogP contribution in [0.2, 0.25) is 0 Å². The number of rotatable bonds is 7. The maximum atomic E-state index is 12.0. The molecule has 1 heterocycles. The SMILES string of the molecule is CC(C)c1nc(CN(C)C(=O)N[C@H](C=O)C(C)C=O)cs1. The molecule has 1 N–H and O–H groups in total. The van der Waals surface area contributed by atoms with Gasteiger partial charge in [0.1, 0.15) is 12.6 Å². The van der Waals surface area contributed by atoms with E-state index in [2.05, 4.69) is 24.1 Å². The summed E-state index contributed by atoms with van der Waals surface area (Å²) in [6.07, 6.45) is 1.22. The number of aldehydes is 2. The molecule has 1 rings (SSSR count). The third kappa shape index (κ3) is 4.93. The highest BCUT2D eigenvalue weighted by Crippen LogP contribution is 2.19. The molecule has 0 saturated carbocycles. The summed E-state index contributed by atoms with van der Waals surface area (Å²) in [5.74, 6) is -0.192. The number of nitrogens with zero attached hydrogens (tertiary/aromatic N) is 2. The van der Waals surface area contributed by atoms with Crippen molar-refractivity contribution in [1.82, 2.24) is 15.2 Å². The summed E-state index contributed by atoms with van der Waals surface area (Å²) in [6, 6.07) is -1.21. The second-order valence-corrected chi connectivity index (χ2v) is 6.18. The fourth-order valence-electron chi connectivity index (χ4n) is 1.60. The van der Waals surface area contributed by atoms with Crippen LogP contribution < -0.4 is 5.32 Å². The summed E-state index contributed by atoms with van der Waals surface area (Å²) in [4.78, 5) is 39.5. The number of aromatic nitrogens is 1. The average Bonchev–Trinajstić information content (AvgIpc) is 2.92. The van der Waals surface area contributed by atoms with Crippen LogP contribution in [0, 0.1) is 5.92 Å². The first-order valence-electron chi connectivity index (χ1n) is 6.75. The van der Waals surface area contributed by atoms with Gasteiger partial charge in [-0.05, 0) is 0 Å². The number of amides is 2. The molecule has 0 spiro atoms. The number of thiazole rings is 1. The maximum absolute atomic E-state index is 12.0. The van der Waals surface area contributed by atoms with Crippen LogP contribution in [0.3, 0.4) is 0 Å². The van der Waals surface area contributed by atoms with Gasteiger partial charge in [-0.3, -0.25) is 0 Å². The number of urea groups is 1. The molecule has 21 heavy (non-hydrogen) atoms. The van der Waals surface area contributed by atoms with Crippen LogP contribution in [0.5, 0.6) is 0 Å². The second-order valence-electron chi connectivity index (χ2n) is 5.29. The molecule has 1 unspecified atom stereocenters. The molecule has 2 amide bonds. The van der Waals surface area contributed by atoms with Crippen molar-refractivity contribution < 1.29 is 14.4 Å². The highest BCUT2D eigenvalue weighted by atomic mass is 32.1. The van der Waals surface area contributed by atoms with E-state index in [1.54, 1.807) is 25.3 Å². The molecule has 0 fully saturated rings. The Morgan fingerprint density at radius 2 is 2.05 bits per heavy atom. The summed E-state index contributed by atoms with van der Waals surface area (Å²) in [7, 11) is 1.62. The number of hydrogen-bond acceptors (Lipinski definition) is 5. The molecule has 6 nitrogen and oxygen atoms in total. The largest absolute Gasteiger partial charge is 0.328 e. The average molecular weight is 311 g/mol. The van der Waals surface area contributed by atoms with E-state index in [0.717, 1.165) is 10.7 Å².